The van der Waals surface area contributed by atoms with Gasteiger partial charge < -0.3 is 10.6 Å². The number of halogens is 2. The van der Waals surface area contributed by atoms with E-state index in [1.165, 1.54) is 24.8 Å². The number of hydrogen-bond donors (Lipinski definition) is 1. The molecule has 1 aliphatic heterocycles. The topological polar surface area (TPSA) is 41.6 Å². The van der Waals surface area contributed by atoms with Gasteiger partial charge in [0, 0.05) is 43.9 Å². The summed E-state index contributed by atoms with van der Waals surface area (Å²) in [5.41, 5.74) is 8.85. The minimum atomic E-state index is -0.395. The van der Waals surface area contributed by atoms with Crippen LogP contribution in [0, 0.1) is 23.5 Å². The molecule has 0 spiro atoms. The van der Waals surface area contributed by atoms with Crippen molar-refractivity contribution in [3.8, 4) is 0 Å². The van der Waals surface area contributed by atoms with Gasteiger partial charge in [0.1, 0.15) is 11.6 Å². The molecule has 2 N–H and O–H groups in total. The molecule has 35 heavy (non-hydrogen) atoms. The molecule has 0 saturated carbocycles. The van der Waals surface area contributed by atoms with Crippen molar-refractivity contribution in [3.05, 3.63) is 58.8 Å². The summed E-state index contributed by atoms with van der Waals surface area (Å²) in [6.07, 6.45) is 13.5. The van der Waals surface area contributed by atoms with Crippen LogP contribution in [0.15, 0.2) is 41.1 Å². The largest absolute Gasteiger partial charge is 0.404 e. The zero-order valence-corrected chi connectivity index (χ0v) is 22.3. The molecule has 0 bridgehead atoms. The Morgan fingerprint density at radius 2 is 1.80 bits per heavy atom. The van der Waals surface area contributed by atoms with Crippen LogP contribution in [0.2, 0.25) is 0 Å². The predicted octanol–water partition coefficient (Wildman–Crippen LogP) is 7.25. The molecule has 1 fully saturated rings. The van der Waals surface area contributed by atoms with Gasteiger partial charge in [0.2, 0.25) is 0 Å². The molecule has 3 nitrogen and oxygen atoms in total. The van der Waals surface area contributed by atoms with Crippen molar-refractivity contribution in [2.75, 3.05) is 26.2 Å². The average molecular weight is 488 g/mol. The first kappa shape index (κ1) is 29.2. The van der Waals surface area contributed by atoms with Crippen LogP contribution >= 0.6 is 0 Å². The van der Waals surface area contributed by atoms with Gasteiger partial charge in [-0.1, -0.05) is 58.1 Å². The lowest BCUT2D eigenvalue weighted by molar-refractivity contribution is 0.125. The van der Waals surface area contributed by atoms with Crippen LogP contribution in [0.5, 0.6) is 0 Å². The summed E-state index contributed by atoms with van der Waals surface area (Å²) in [5, 5.41) is 0. The molecule has 1 heterocycles. The van der Waals surface area contributed by atoms with Gasteiger partial charge in [-0.05, 0) is 74.4 Å². The fourth-order valence-electron chi connectivity index (χ4n) is 4.75. The summed E-state index contributed by atoms with van der Waals surface area (Å²) in [6, 6.07) is 3.09. The molecular formula is C30H47F2N3. The van der Waals surface area contributed by atoms with Gasteiger partial charge in [0.25, 0.3) is 0 Å². The molecule has 2 rings (SSSR count). The summed E-state index contributed by atoms with van der Waals surface area (Å²) < 4.78 is 29.3. The average Bonchev–Trinajstić information content (AvgIpc) is 2.79. The summed E-state index contributed by atoms with van der Waals surface area (Å²) in [6.45, 7) is 13.8. The fourth-order valence-corrected chi connectivity index (χ4v) is 4.75. The summed E-state index contributed by atoms with van der Waals surface area (Å²) >= 11 is 0. The van der Waals surface area contributed by atoms with Gasteiger partial charge in [-0.15, -0.1) is 0 Å². The molecule has 1 atom stereocenters. The number of aryl methyl sites for hydroxylation is 1. The monoisotopic (exact) mass is 487 g/mol. The van der Waals surface area contributed by atoms with E-state index in [2.05, 4.69) is 30.3 Å². The Bertz CT molecular complexity index is 817. The molecule has 0 radical (unpaired) electrons. The van der Waals surface area contributed by atoms with Crippen molar-refractivity contribution < 1.29 is 8.78 Å². The third kappa shape index (κ3) is 10.2. The molecule has 1 aromatic rings. The highest BCUT2D eigenvalue weighted by Crippen LogP contribution is 2.25. The third-order valence-electron chi connectivity index (χ3n) is 7.37. The van der Waals surface area contributed by atoms with E-state index < -0.39 is 11.6 Å². The van der Waals surface area contributed by atoms with Crippen LogP contribution in [0.25, 0.3) is 0 Å². The maximum Gasteiger partial charge on any atom is 0.129 e. The zero-order chi connectivity index (χ0) is 25.6. The van der Waals surface area contributed by atoms with E-state index in [1.807, 2.05) is 13.1 Å². The molecule has 5 heteroatoms. The van der Waals surface area contributed by atoms with E-state index in [0.29, 0.717) is 24.8 Å². The maximum atomic E-state index is 14.6. The Balaban J connectivity index is 1.76. The maximum absolute atomic E-state index is 14.6. The standard InChI is InChI=1S/C30H47F2N3/c1-5-7-10-25(13-15-34-20-24(6-2)19-33)11-8-9-12-26-17-29(31)28(30(32)18-26)14-16-35-21-27(22-35)23(3)4/h17-20,25,27H,3,5-16,21-22,33H2,1-2,4H3/b24-19-,34-20-. The summed E-state index contributed by atoms with van der Waals surface area (Å²) in [7, 11) is 0. The van der Waals surface area contributed by atoms with E-state index in [-0.39, 0.29) is 5.56 Å². The second-order valence-corrected chi connectivity index (χ2v) is 10.3. The van der Waals surface area contributed by atoms with Crippen LogP contribution in [0.4, 0.5) is 8.78 Å². The Labute approximate surface area is 212 Å². The van der Waals surface area contributed by atoms with Crippen LogP contribution in [0.1, 0.15) is 83.3 Å². The fraction of sp³-hybridized carbons (Fsp3) is 0.633. The van der Waals surface area contributed by atoms with Crippen LogP contribution in [0.3, 0.4) is 0 Å². The predicted molar refractivity (Wildman–Crippen MR) is 146 cm³/mol. The number of unbranched alkanes of at least 4 members (excludes halogenated alkanes) is 2. The number of benzene rings is 1. The van der Waals surface area contributed by atoms with Crippen molar-refractivity contribution in [2.24, 2.45) is 22.6 Å². The van der Waals surface area contributed by atoms with Gasteiger partial charge >= 0.3 is 0 Å². The lowest BCUT2D eigenvalue weighted by atomic mass is 9.91. The molecular weight excluding hydrogens is 440 g/mol. The first-order valence-corrected chi connectivity index (χ1v) is 13.6. The molecule has 1 aliphatic rings. The highest BCUT2D eigenvalue weighted by molar-refractivity contribution is 5.78. The smallest absolute Gasteiger partial charge is 0.129 e. The quantitative estimate of drug-likeness (QED) is 0.143. The second-order valence-electron chi connectivity index (χ2n) is 10.3. The highest BCUT2D eigenvalue weighted by atomic mass is 19.1. The SMILES string of the molecule is C=C(C)C1CN(CCc2c(F)cc(CCCCC(CCCC)CC/N=C\C(=C/N)CC)cc2F)C1. The molecule has 1 aromatic carbocycles. The van der Waals surface area contributed by atoms with Crippen molar-refractivity contribution in [1.29, 1.82) is 0 Å². The number of nitrogens with zero attached hydrogens (tertiary/aromatic N) is 2. The summed E-state index contributed by atoms with van der Waals surface area (Å²) in [4.78, 5) is 6.79. The number of allylic oxidation sites excluding steroid dienone is 1. The summed E-state index contributed by atoms with van der Waals surface area (Å²) in [5.74, 6) is 0.395. The van der Waals surface area contributed by atoms with Crippen LogP contribution < -0.4 is 5.73 Å². The first-order valence-electron chi connectivity index (χ1n) is 13.6. The van der Waals surface area contributed by atoms with Crippen LogP contribution in [-0.4, -0.2) is 37.3 Å². The van der Waals surface area contributed by atoms with Gasteiger partial charge in [0.05, 0.1) is 0 Å². The minimum absolute atomic E-state index is 0.225. The number of nitrogens with two attached hydrogens (primary N) is 1. The van der Waals surface area contributed by atoms with E-state index in [0.717, 1.165) is 69.3 Å². The number of aliphatic imine (C=N–C) groups is 1. The van der Waals surface area contributed by atoms with Gasteiger partial charge in [-0.25, -0.2) is 8.78 Å². The minimum Gasteiger partial charge on any atom is -0.404 e. The van der Waals surface area contributed by atoms with E-state index in [4.69, 9.17) is 5.73 Å². The lowest BCUT2D eigenvalue weighted by Gasteiger charge is -2.39. The lowest BCUT2D eigenvalue weighted by Crippen LogP contribution is -2.47. The van der Waals surface area contributed by atoms with E-state index in [1.54, 1.807) is 18.3 Å². The number of rotatable bonds is 17. The zero-order valence-electron chi connectivity index (χ0n) is 22.3. The number of hydrogen-bond acceptors (Lipinski definition) is 3. The van der Waals surface area contributed by atoms with Crippen molar-refractivity contribution in [3.63, 3.8) is 0 Å². The van der Waals surface area contributed by atoms with Crippen molar-refractivity contribution >= 4 is 6.21 Å². The van der Waals surface area contributed by atoms with Crippen molar-refractivity contribution in [1.82, 2.24) is 4.90 Å². The highest BCUT2D eigenvalue weighted by Gasteiger charge is 2.27. The molecule has 0 aromatic heterocycles. The first-order chi connectivity index (χ1) is 16.9. The van der Waals surface area contributed by atoms with E-state index >= 15 is 0 Å². The van der Waals surface area contributed by atoms with Gasteiger partial charge in [0.15, 0.2) is 0 Å². The third-order valence-corrected chi connectivity index (χ3v) is 7.37. The molecule has 196 valence electrons. The molecule has 0 amide bonds. The number of likely N-dealkylation sites (tertiary alicyclic amines) is 1. The van der Waals surface area contributed by atoms with Crippen LogP contribution in [-0.2, 0) is 12.8 Å². The van der Waals surface area contributed by atoms with Crippen molar-refractivity contribution in [2.45, 2.75) is 85.0 Å². The molecule has 0 aliphatic carbocycles. The second kappa shape index (κ2) is 15.9. The van der Waals surface area contributed by atoms with E-state index in [9.17, 15) is 8.78 Å². The van der Waals surface area contributed by atoms with Gasteiger partial charge in [-0.3, -0.25) is 4.99 Å². The Morgan fingerprint density at radius 3 is 2.40 bits per heavy atom. The Morgan fingerprint density at radius 1 is 1.11 bits per heavy atom. The van der Waals surface area contributed by atoms with Gasteiger partial charge in [-0.2, -0.15) is 0 Å². The Kier molecular flexibility index (Phi) is 13.3. The molecule has 1 saturated heterocycles. The normalized spacial score (nSPS) is 16.1. The Hall–Kier alpha value is -2.01. The molecule has 1 unspecified atom stereocenters.